The van der Waals surface area contributed by atoms with E-state index in [0.29, 0.717) is 10.2 Å². The van der Waals surface area contributed by atoms with Gasteiger partial charge in [0, 0.05) is 10.7 Å². The topological polar surface area (TPSA) is 77.7 Å². The van der Waals surface area contributed by atoms with Crippen LogP contribution in [0.1, 0.15) is 20.8 Å². The molecular weight excluding hydrogens is 376 g/mol. The van der Waals surface area contributed by atoms with Crippen LogP contribution in [0, 0.1) is 0 Å². The van der Waals surface area contributed by atoms with Gasteiger partial charge in [-0.2, -0.15) is 0 Å². The fourth-order valence-electron chi connectivity index (χ4n) is 1.57. The number of halogens is 3. The first kappa shape index (κ1) is 19.4. The van der Waals surface area contributed by atoms with Gasteiger partial charge in [-0.3, -0.25) is 4.90 Å². The van der Waals surface area contributed by atoms with Gasteiger partial charge in [0.05, 0.1) is 18.8 Å². The molecule has 6 nitrogen and oxygen atoms in total. The number of carbonyl (C=O) groups is 1. The van der Waals surface area contributed by atoms with Crippen molar-refractivity contribution in [1.82, 2.24) is 9.88 Å². The number of alkyl halides is 2. The summed E-state index contributed by atoms with van der Waals surface area (Å²) < 4.78 is 36.3. The van der Waals surface area contributed by atoms with Crippen LogP contribution < -0.4 is 10.5 Å². The van der Waals surface area contributed by atoms with E-state index in [2.05, 4.69) is 20.9 Å². The van der Waals surface area contributed by atoms with Crippen molar-refractivity contribution in [2.75, 3.05) is 25.4 Å². The second-order valence-electron chi connectivity index (χ2n) is 5.71. The van der Waals surface area contributed by atoms with Gasteiger partial charge < -0.3 is 15.2 Å². The van der Waals surface area contributed by atoms with E-state index in [-0.39, 0.29) is 19.0 Å². The quantitative estimate of drug-likeness (QED) is 0.799. The standard InChI is InChI=1S/C14H20BrF2N3O3/c1-14(2,3)23-13(21)20(8-11(16)17)4-5-22-12-10(18)6-9(15)7-19-12/h6-7,11H,4-5,8,18H2,1-3H3. The van der Waals surface area contributed by atoms with E-state index in [0.717, 1.165) is 4.90 Å². The molecule has 0 saturated carbocycles. The van der Waals surface area contributed by atoms with Gasteiger partial charge in [0.15, 0.2) is 0 Å². The monoisotopic (exact) mass is 395 g/mol. The average Bonchev–Trinajstić information content (AvgIpc) is 2.37. The molecule has 1 amide bonds. The van der Waals surface area contributed by atoms with Gasteiger partial charge >= 0.3 is 6.09 Å². The molecule has 1 aromatic rings. The van der Waals surface area contributed by atoms with Gasteiger partial charge in [-0.05, 0) is 42.8 Å². The van der Waals surface area contributed by atoms with Crippen LogP contribution in [0.4, 0.5) is 19.3 Å². The van der Waals surface area contributed by atoms with Crippen LogP contribution in [0.25, 0.3) is 0 Å². The Kier molecular flexibility index (Phi) is 6.99. The number of nitrogen functional groups attached to an aromatic ring is 1. The van der Waals surface area contributed by atoms with Crippen LogP contribution >= 0.6 is 15.9 Å². The van der Waals surface area contributed by atoms with Crippen molar-refractivity contribution in [2.24, 2.45) is 0 Å². The largest absolute Gasteiger partial charge is 0.474 e. The molecule has 0 fully saturated rings. The highest BCUT2D eigenvalue weighted by molar-refractivity contribution is 9.10. The lowest BCUT2D eigenvalue weighted by Crippen LogP contribution is -2.41. The fraction of sp³-hybridized carbons (Fsp3) is 0.571. The first-order chi connectivity index (χ1) is 10.6. The third-order valence-corrected chi connectivity index (χ3v) is 2.89. The van der Waals surface area contributed by atoms with E-state index in [1.54, 1.807) is 26.8 Å². The SMILES string of the molecule is CC(C)(C)OC(=O)N(CCOc1ncc(Br)cc1N)CC(F)F. The maximum atomic E-state index is 12.6. The van der Waals surface area contributed by atoms with Crippen molar-refractivity contribution in [2.45, 2.75) is 32.8 Å². The summed E-state index contributed by atoms with van der Waals surface area (Å²) in [7, 11) is 0. The Hall–Kier alpha value is -1.64. The number of carbonyl (C=O) groups excluding carboxylic acids is 1. The lowest BCUT2D eigenvalue weighted by molar-refractivity contribution is 0.00745. The van der Waals surface area contributed by atoms with Crippen LogP contribution in [-0.2, 0) is 4.74 Å². The predicted molar refractivity (Wildman–Crippen MR) is 85.7 cm³/mol. The smallest absolute Gasteiger partial charge is 0.410 e. The Morgan fingerprint density at radius 1 is 1.48 bits per heavy atom. The van der Waals surface area contributed by atoms with Gasteiger partial charge in [-0.25, -0.2) is 18.6 Å². The van der Waals surface area contributed by atoms with Crippen molar-refractivity contribution in [3.05, 3.63) is 16.7 Å². The lowest BCUT2D eigenvalue weighted by Gasteiger charge is -2.27. The third-order valence-electron chi connectivity index (χ3n) is 2.46. The van der Waals surface area contributed by atoms with E-state index in [1.165, 1.54) is 6.20 Å². The number of nitrogens with two attached hydrogens (primary N) is 1. The van der Waals surface area contributed by atoms with Gasteiger partial charge in [0.2, 0.25) is 5.88 Å². The number of rotatable bonds is 6. The molecule has 0 aliphatic rings. The molecule has 0 unspecified atom stereocenters. The number of aromatic nitrogens is 1. The molecule has 2 N–H and O–H groups in total. The number of pyridine rings is 1. The summed E-state index contributed by atoms with van der Waals surface area (Å²) in [6.45, 7) is 4.14. The summed E-state index contributed by atoms with van der Waals surface area (Å²) in [6.07, 6.45) is -1.99. The molecule has 0 spiro atoms. The zero-order chi connectivity index (χ0) is 17.6. The zero-order valence-electron chi connectivity index (χ0n) is 13.2. The molecule has 1 heterocycles. The fourth-order valence-corrected chi connectivity index (χ4v) is 1.91. The summed E-state index contributed by atoms with van der Waals surface area (Å²) in [4.78, 5) is 16.8. The number of nitrogens with zero attached hydrogens (tertiary/aromatic N) is 2. The van der Waals surface area contributed by atoms with Crippen molar-refractivity contribution in [3.63, 3.8) is 0 Å². The van der Waals surface area contributed by atoms with E-state index in [4.69, 9.17) is 15.2 Å². The minimum absolute atomic E-state index is 0.0369. The van der Waals surface area contributed by atoms with Gasteiger partial charge in [0.25, 0.3) is 6.43 Å². The maximum absolute atomic E-state index is 12.6. The number of amides is 1. The molecule has 1 rings (SSSR count). The Labute approximate surface area is 142 Å². The van der Waals surface area contributed by atoms with Crippen LogP contribution in [0.15, 0.2) is 16.7 Å². The molecule has 0 radical (unpaired) electrons. The van der Waals surface area contributed by atoms with Crippen LogP contribution in [-0.4, -0.2) is 47.7 Å². The van der Waals surface area contributed by atoms with Crippen LogP contribution in [0.2, 0.25) is 0 Å². The number of hydrogen-bond donors (Lipinski definition) is 1. The van der Waals surface area contributed by atoms with Crippen molar-refractivity contribution >= 4 is 27.7 Å². The Morgan fingerprint density at radius 3 is 2.65 bits per heavy atom. The first-order valence-corrected chi connectivity index (χ1v) is 7.67. The second kappa shape index (κ2) is 8.28. The average molecular weight is 396 g/mol. The van der Waals surface area contributed by atoms with E-state index < -0.39 is 24.7 Å². The Balaban J connectivity index is 2.62. The lowest BCUT2D eigenvalue weighted by atomic mass is 10.2. The van der Waals surface area contributed by atoms with E-state index in [9.17, 15) is 13.6 Å². The summed E-state index contributed by atoms with van der Waals surface area (Å²) in [5.41, 5.74) is 5.25. The highest BCUT2D eigenvalue weighted by atomic mass is 79.9. The number of hydrogen-bond acceptors (Lipinski definition) is 5. The molecule has 9 heteroatoms. The molecule has 1 aromatic heterocycles. The third kappa shape index (κ3) is 7.45. The summed E-state index contributed by atoms with van der Waals surface area (Å²) >= 11 is 3.21. The molecule has 0 bridgehead atoms. The van der Waals surface area contributed by atoms with Crippen LogP contribution in [0.3, 0.4) is 0 Å². The van der Waals surface area contributed by atoms with E-state index >= 15 is 0 Å². The van der Waals surface area contributed by atoms with Gasteiger partial charge in [-0.1, -0.05) is 0 Å². The Bertz CT molecular complexity index is 538. The molecule has 0 aliphatic carbocycles. The summed E-state index contributed by atoms with van der Waals surface area (Å²) in [5.74, 6) is 0.175. The highest BCUT2D eigenvalue weighted by Crippen LogP contribution is 2.21. The molecule has 0 saturated heterocycles. The highest BCUT2D eigenvalue weighted by Gasteiger charge is 2.24. The summed E-state index contributed by atoms with van der Waals surface area (Å²) in [6, 6.07) is 1.60. The summed E-state index contributed by atoms with van der Waals surface area (Å²) in [5, 5.41) is 0. The number of anilines is 1. The Morgan fingerprint density at radius 2 is 2.13 bits per heavy atom. The molecule has 0 aromatic carbocycles. The van der Waals surface area contributed by atoms with Crippen LogP contribution in [0.5, 0.6) is 5.88 Å². The van der Waals surface area contributed by atoms with Crippen molar-refractivity contribution in [3.8, 4) is 5.88 Å². The zero-order valence-corrected chi connectivity index (χ0v) is 14.8. The van der Waals surface area contributed by atoms with Gasteiger partial charge in [-0.15, -0.1) is 0 Å². The molecule has 130 valence electrons. The predicted octanol–water partition coefficient (Wildman–Crippen LogP) is 3.31. The molecule has 23 heavy (non-hydrogen) atoms. The number of ether oxygens (including phenoxy) is 2. The second-order valence-corrected chi connectivity index (χ2v) is 6.63. The normalized spacial score (nSPS) is 11.4. The van der Waals surface area contributed by atoms with E-state index in [1.807, 2.05) is 0 Å². The molecular formula is C14H20BrF2N3O3. The molecule has 0 aliphatic heterocycles. The van der Waals surface area contributed by atoms with Crippen molar-refractivity contribution < 1.29 is 23.0 Å². The molecule has 0 atom stereocenters. The first-order valence-electron chi connectivity index (χ1n) is 6.88. The minimum atomic E-state index is -2.67. The van der Waals surface area contributed by atoms with Crippen molar-refractivity contribution in [1.29, 1.82) is 0 Å². The minimum Gasteiger partial charge on any atom is -0.474 e. The maximum Gasteiger partial charge on any atom is 0.410 e. The van der Waals surface area contributed by atoms with Gasteiger partial charge in [0.1, 0.15) is 12.2 Å².